The molecule has 3 atom stereocenters. The van der Waals surface area contributed by atoms with Crippen molar-refractivity contribution in [3.63, 3.8) is 0 Å². The van der Waals surface area contributed by atoms with Crippen LogP contribution in [0.5, 0.6) is 5.75 Å². The molecule has 3 fully saturated rings. The van der Waals surface area contributed by atoms with Gasteiger partial charge in [0.15, 0.2) is 0 Å². The summed E-state index contributed by atoms with van der Waals surface area (Å²) in [5.41, 5.74) is 1.45. The highest BCUT2D eigenvalue weighted by Crippen LogP contribution is 2.35. The van der Waals surface area contributed by atoms with E-state index in [1.54, 1.807) is 12.0 Å². The number of anilines is 2. The third-order valence-corrected chi connectivity index (χ3v) is 5.99. The number of rotatable bonds is 4. The number of hydrogen-bond donors (Lipinski definition) is 2. The number of ether oxygens (including phenoxy) is 1. The van der Waals surface area contributed by atoms with Crippen molar-refractivity contribution in [2.45, 2.75) is 57.0 Å². The van der Waals surface area contributed by atoms with Gasteiger partial charge in [-0.15, -0.1) is 0 Å². The minimum absolute atomic E-state index is 0.0169. The van der Waals surface area contributed by atoms with Crippen LogP contribution in [0.1, 0.15) is 44.9 Å². The van der Waals surface area contributed by atoms with Crippen molar-refractivity contribution >= 4 is 23.2 Å². The van der Waals surface area contributed by atoms with Gasteiger partial charge in [-0.1, -0.05) is 12.8 Å². The highest BCUT2D eigenvalue weighted by molar-refractivity contribution is 5.99. The van der Waals surface area contributed by atoms with E-state index in [9.17, 15) is 9.59 Å². The van der Waals surface area contributed by atoms with Crippen LogP contribution in [0, 0.1) is 5.92 Å². The Balaban J connectivity index is 1.47. The number of carbonyl (C=O) groups is 2. The van der Waals surface area contributed by atoms with E-state index >= 15 is 0 Å². The Kier molecular flexibility index (Phi) is 4.85. The standard InChI is InChI=1S/C20H27N3O3/c1-26-18-9-8-14(12-17(18)23-10-4-7-19(23)24)21-20(25)16-11-13-5-2-3-6-15(13)22-16/h8-9,12-13,15-16,22H,2-7,10-11H2,1H3,(H,21,25). The molecular formula is C20H27N3O3. The van der Waals surface area contributed by atoms with Gasteiger partial charge in [-0.25, -0.2) is 0 Å². The van der Waals surface area contributed by atoms with E-state index in [2.05, 4.69) is 10.6 Å². The van der Waals surface area contributed by atoms with Gasteiger partial charge in [-0.3, -0.25) is 9.59 Å². The van der Waals surface area contributed by atoms with Gasteiger partial charge in [0.2, 0.25) is 11.8 Å². The lowest BCUT2D eigenvalue weighted by Gasteiger charge is -2.24. The molecule has 2 N–H and O–H groups in total. The molecule has 1 saturated carbocycles. The average Bonchev–Trinajstić information content (AvgIpc) is 3.27. The van der Waals surface area contributed by atoms with Crippen LogP contribution < -0.4 is 20.3 Å². The Morgan fingerprint density at radius 1 is 1.27 bits per heavy atom. The molecular weight excluding hydrogens is 330 g/mol. The molecule has 26 heavy (non-hydrogen) atoms. The number of amides is 2. The Morgan fingerprint density at radius 2 is 2.12 bits per heavy atom. The number of hydrogen-bond acceptors (Lipinski definition) is 4. The normalized spacial score (nSPS) is 28.1. The molecule has 6 heteroatoms. The first-order valence-corrected chi connectivity index (χ1v) is 9.71. The molecule has 2 heterocycles. The molecule has 2 saturated heterocycles. The highest BCUT2D eigenvalue weighted by Gasteiger charge is 2.38. The molecule has 1 aliphatic carbocycles. The molecule has 6 nitrogen and oxygen atoms in total. The summed E-state index contributed by atoms with van der Waals surface area (Å²) in [6.07, 6.45) is 7.28. The Bertz CT molecular complexity index is 692. The quantitative estimate of drug-likeness (QED) is 0.869. The highest BCUT2D eigenvalue weighted by atomic mass is 16.5. The lowest BCUT2D eigenvalue weighted by Crippen LogP contribution is -2.39. The van der Waals surface area contributed by atoms with Crippen LogP contribution in [0.15, 0.2) is 18.2 Å². The fourth-order valence-corrected chi connectivity index (χ4v) is 4.63. The number of nitrogens with one attached hydrogen (secondary N) is 2. The van der Waals surface area contributed by atoms with Gasteiger partial charge in [0, 0.05) is 24.7 Å². The maximum Gasteiger partial charge on any atom is 0.241 e. The van der Waals surface area contributed by atoms with Gasteiger partial charge in [-0.2, -0.15) is 0 Å². The Labute approximate surface area is 154 Å². The van der Waals surface area contributed by atoms with Gasteiger partial charge in [-0.05, 0) is 49.8 Å². The van der Waals surface area contributed by atoms with Crippen molar-refractivity contribution in [3.05, 3.63) is 18.2 Å². The van der Waals surface area contributed by atoms with Crippen LogP contribution in [0.25, 0.3) is 0 Å². The van der Waals surface area contributed by atoms with E-state index in [-0.39, 0.29) is 17.9 Å². The first-order chi connectivity index (χ1) is 12.7. The lowest BCUT2D eigenvalue weighted by atomic mass is 9.85. The van der Waals surface area contributed by atoms with Crippen LogP contribution in [-0.4, -0.2) is 37.6 Å². The van der Waals surface area contributed by atoms with Crippen molar-refractivity contribution < 1.29 is 14.3 Å². The summed E-state index contributed by atoms with van der Waals surface area (Å²) in [5.74, 6) is 1.41. The molecule has 2 amide bonds. The maximum atomic E-state index is 12.7. The zero-order valence-electron chi connectivity index (χ0n) is 15.3. The summed E-state index contributed by atoms with van der Waals surface area (Å²) in [6.45, 7) is 0.695. The van der Waals surface area contributed by atoms with Gasteiger partial charge >= 0.3 is 0 Å². The fraction of sp³-hybridized carbons (Fsp3) is 0.600. The topological polar surface area (TPSA) is 70.7 Å². The molecule has 4 rings (SSSR count). The molecule has 0 aromatic heterocycles. The number of carbonyl (C=O) groups excluding carboxylic acids is 2. The zero-order chi connectivity index (χ0) is 18.1. The second-order valence-electron chi connectivity index (χ2n) is 7.63. The Morgan fingerprint density at radius 3 is 2.85 bits per heavy atom. The molecule has 1 aromatic carbocycles. The SMILES string of the molecule is COc1ccc(NC(=O)C2CC3CCCCC3N2)cc1N1CCCC1=O. The van der Waals surface area contributed by atoms with E-state index in [0.29, 0.717) is 36.4 Å². The maximum absolute atomic E-state index is 12.7. The van der Waals surface area contributed by atoms with E-state index in [1.807, 2.05) is 18.2 Å². The summed E-state index contributed by atoms with van der Waals surface area (Å²) >= 11 is 0. The summed E-state index contributed by atoms with van der Waals surface area (Å²) in [5, 5.41) is 6.54. The second-order valence-corrected chi connectivity index (χ2v) is 7.63. The van der Waals surface area contributed by atoms with Crippen LogP contribution >= 0.6 is 0 Å². The first-order valence-electron chi connectivity index (χ1n) is 9.71. The molecule has 140 valence electrons. The molecule has 1 aromatic rings. The monoisotopic (exact) mass is 357 g/mol. The molecule has 0 radical (unpaired) electrons. The van der Waals surface area contributed by atoms with Crippen molar-refractivity contribution in [1.82, 2.24) is 5.32 Å². The minimum atomic E-state index is -0.123. The molecule has 3 unspecified atom stereocenters. The minimum Gasteiger partial charge on any atom is -0.495 e. The molecule has 0 spiro atoms. The smallest absolute Gasteiger partial charge is 0.241 e. The van der Waals surface area contributed by atoms with Gasteiger partial charge < -0.3 is 20.3 Å². The van der Waals surface area contributed by atoms with Crippen molar-refractivity contribution in [3.8, 4) is 5.75 Å². The predicted molar refractivity (Wildman–Crippen MR) is 100 cm³/mol. The summed E-state index contributed by atoms with van der Waals surface area (Å²) in [7, 11) is 1.60. The number of fused-ring (bicyclic) bond motifs is 1. The van der Waals surface area contributed by atoms with Crippen LogP contribution in [0.4, 0.5) is 11.4 Å². The van der Waals surface area contributed by atoms with E-state index in [1.165, 1.54) is 25.7 Å². The van der Waals surface area contributed by atoms with Crippen LogP contribution in [0.2, 0.25) is 0 Å². The van der Waals surface area contributed by atoms with Crippen molar-refractivity contribution in [2.24, 2.45) is 5.92 Å². The van der Waals surface area contributed by atoms with E-state index in [4.69, 9.17) is 4.74 Å². The number of methoxy groups -OCH3 is 1. The van der Waals surface area contributed by atoms with E-state index < -0.39 is 0 Å². The lowest BCUT2D eigenvalue weighted by molar-refractivity contribution is -0.118. The van der Waals surface area contributed by atoms with E-state index in [0.717, 1.165) is 18.5 Å². The largest absolute Gasteiger partial charge is 0.495 e. The Hall–Kier alpha value is -2.08. The van der Waals surface area contributed by atoms with Crippen molar-refractivity contribution in [2.75, 3.05) is 23.9 Å². The van der Waals surface area contributed by atoms with Crippen LogP contribution in [0.3, 0.4) is 0 Å². The fourth-order valence-electron chi connectivity index (χ4n) is 4.63. The summed E-state index contributed by atoms with van der Waals surface area (Å²) in [6, 6.07) is 5.87. The third-order valence-electron chi connectivity index (χ3n) is 5.99. The van der Waals surface area contributed by atoms with Crippen molar-refractivity contribution in [1.29, 1.82) is 0 Å². The number of nitrogens with zero attached hydrogens (tertiary/aromatic N) is 1. The summed E-state index contributed by atoms with van der Waals surface area (Å²) < 4.78 is 5.41. The third kappa shape index (κ3) is 3.30. The molecule has 2 aliphatic heterocycles. The molecule has 3 aliphatic rings. The van der Waals surface area contributed by atoms with Crippen LogP contribution in [-0.2, 0) is 9.59 Å². The average molecular weight is 357 g/mol. The number of benzene rings is 1. The van der Waals surface area contributed by atoms with Gasteiger partial charge in [0.25, 0.3) is 0 Å². The first kappa shape index (κ1) is 17.3. The molecule has 0 bridgehead atoms. The summed E-state index contributed by atoms with van der Waals surface area (Å²) in [4.78, 5) is 26.6. The zero-order valence-corrected chi connectivity index (χ0v) is 15.3. The van der Waals surface area contributed by atoms with Gasteiger partial charge in [0.1, 0.15) is 5.75 Å². The van der Waals surface area contributed by atoms with Gasteiger partial charge in [0.05, 0.1) is 18.8 Å². The predicted octanol–water partition coefficient (Wildman–Crippen LogP) is 2.68. The second kappa shape index (κ2) is 7.27.